The van der Waals surface area contributed by atoms with E-state index in [9.17, 15) is 8.78 Å². The van der Waals surface area contributed by atoms with Gasteiger partial charge in [-0.1, -0.05) is 30.3 Å². The maximum absolute atomic E-state index is 13.2. The molecule has 8 heteroatoms. The largest absolute Gasteiger partial charge is 0.280 e. The molecule has 0 radical (unpaired) electrons. The topological polar surface area (TPSA) is 56.0 Å². The monoisotopic (exact) mass is 407 g/mol. The molecule has 5 aromatic rings. The third-order valence-electron chi connectivity index (χ3n) is 5.57. The Morgan fingerprint density at radius 2 is 1.97 bits per heavy atom. The van der Waals surface area contributed by atoms with Gasteiger partial charge in [0.25, 0.3) is 6.43 Å². The number of benzene rings is 1. The number of pyridine rings is 1. The van der Waals surface area contributed by atoms with Crippen molar-refractivity contribution in [2.24, 2.45) is 0 Å². The second-order valence-electron chi connectivity index (χ2n) is 7.47. The van der Waals surface area contributed by atoms with Crippen LogP contribution in [0.15, 0.2) is 42.7 Å². The molecule has 0 saturated heterocycles. The minimum Gasteiger partial charge on any atom is -0.236 e. The number of aromatic nitrogens is 5. The number of hydrogen-bond donors (Lipinski definition) is 0. The molecule has 1 saturated carbocycles. The van der Waals surface area contributed by atoms with Gasteiger partial charge >= 0.3 is 0 Å². The van der Waals surface area contributed by atoms with Gasteiger partial charge in [-0.05, 0) is 36.5 Å². The van der Waals surface area contributed by atoms with Gasteiger partial charge in [-0.15, -0.1) is 16.4 Å². The van der Waals surface area contributed by atoms with Crippen molar-refractivity contribution < 1.29 is 8.78 Å². The second-order valence-corrected chi connectivity index (χ2v) is 8.47. The van der Waals surface area contributed by atoms with Gasteiger partial charge in [0.2, 0.25) is 0 Å². The highest BCUT2D eigenvalue weighted by Gasteiger charge is 2.42. The normalized spacial score (nSPS) is 19.0. The first kappa shape index (κ1) is 16.9. The number of halogens is 2. The lowest BCUT2D eigenvalue weighted by Crippen LogP contribution is -1.92. The van der Waals surface area contributed by atoms with Crippen LogP contribution in [0.5, 0.6) is 0 Å². The quantitative estimate of drug-likeness (QED) is 0.402. The fourth-order valence-corrected chi connectivity index (χ4v) is 5.25. The first-order valence-electron chi connectivity index (χ1n) is 9.38. The van der Waals surface area contributed by atoms with Gasteiger partial charge in [-0.25, -0.2) is 28.2 Å². The standard InChI is InChI=1S/C21H15F2N5S/c1-10-7-14(18(22)23)25-21-15(10)16-17(29-21)20-26-19(27-28(20)9-24-16)13-8-12(13)11-5-3-2-4-6-11/h2-7,9,12-13,18H,8H2,1H3/t12-,13+/m1/s1. The van der Waals surface area contributed by atoms with Gasteiger partial charge in [0.15, 0.2) is 11.5 Å². The van der Waals surface area contributed by atoms with Gasteiger partial charge in [-0.3, -0.25) is 0 Å². The highest BCUT2D eigenvalue weighted by atomic mass is 32.1. The first-order valence-corrected chi connectivity index (χ1v) is 10.2. The van der Waals surface area contributed by atoms with E-state index in [-0.39, 0.29) is 5.69 Å². The van der Waals surface area contributed by atoms with E-state index >= 15 is 0 Å². The summed E-state index contributed by atoms with van der Waals surface area (Å²) in [7, 11) is 0. The van der Waals surface area contributed by atoms with Crippen molar-refractivity contribution in [1.29, 1.82) is 0 Å². The Morgan fingerprint density at radius 1 is 1.14 bits per heavy atom. The highest BCUT2D eigenvalue weighted by molar-refractivity contribution is 7.26. The molecule has 29 heavy (non-hydrogen) atoms. The number of nitrogens with zero attached hydrogens (tertiary/aromatic N) is 5. The van der Waals surface area contributed by atoms with E-state index in [1.54, 1.807) is 10.8 Å². The van der Waals surface area contributed by atoms with Crippen LogP contribution in [0.1, 0.15) is 47.3 Å². The summed E-state index contributed by atoms with van der Waals surface area (Å²) in [4.78, 5) is 14.1. The molecule has 6 rings (SSSR count). The predicted octanol–water partition coefficient (Wildman–Crippen LogP) is 5.40. The number of rotatable bonds is 3. The van der Waals surface area contributed by atoms with Crippen molar-refractivity contribution in [2.45, 2.75) is 31.6 Å². The fraction of sp³-hybridized carbons (Fsp3) is 0.238. The van der Waals surface area contributed by atoms with Gasteiger partial charge in [0, 0.05) is 11.3 Å². The Morgan fingerprint density at radius 3 is 2.76 bits per heavy atom. The van der Waals surface area contributed by atoms with Crippen molar-refractivity contribution in [3.05, 3.63) is 65.4 Å². The molecule has 1 aromatic carbocycles. The van der Waals surface area contributed by atoms with Crippen LogP contribution >= 0.6 is 11.3 Å². The molecule has 4 aromatic heterocycles. The lowest BCUT2D eigenvalue weighted by molar-refractivity contribution is 0.146. The molecule has 1 fully saturated rings. The van der Waals surface area contributed by atoms with Gasteiger partial charge in [-0.2, -0.15) is 0 Å². The van der Waals surface area contributed by atoms with Crippen LogP contribution in [0.3, 0.4) is 0 Å². The van der Waals surface area contributed by atoms with E-state index in [0.717, 1.165) is 33.4 Å². The van der Waals surface area contributed by atoms with Crippen LogP contribution in [0, 0.1) is 6.92 Å². The molecule has 1 aliphatic carbocycles. The minimum atomic E-state index is -2.60. The Labute approximate surface area is 168 Å². The zero-order valence-corrected chi connectivity index (χ0v) is 16.2. The van der Waals surface area contributed by atoms with Crippen molar-refractivity contribution in [3.8, 4) is 0 Å². The van der Waals surface area contributed by atoms with E-state index in [0.29, 0.717) is 22.3 Å². The highest BCUT2D eigenvalue weighted by Crippen LogP contribution is 2.53. The van der Waals surface area contributed by atoms with Crippen molar-refractivity contribution in [3.63, 3.8) is 0 Å². The molecule has 0 amide bonds. The van der Waals surface area contributed by atoms with Crippen molar-refractivity contribution in [2.75, 3.05) is 0 Å². The summed E-state index contributed by atoms with van der Waals surface area (Å²) in [5.74, 6) is 1.55. The fourth-order valence-electron chi connectivity index (χ4n) is 4.07. The molecule has 5 nitrogen and oxygen atoms in total. The Kier molecular flexibility index (Phi) is 3.50. The summed E-state index contributed by atoms with van der Waals surface area (Å²) < 4.78 is 28.8. The average Bonchev–Trinajstić information content (AvgIpc) is 3.24. The van der Waals surface area contributed by atoms with E-state index in [4.69, 9.17) is 4.98 Å². The number of alkyl halides is 2. The van der Waals surface area contributed by atoms with Crippen molar-refractivity contribution in [1.82, 2.24) is 24.6 Å². The van der Waals surface area contributed by atoms with Crippen LogP contribution in [0.25, 0.3) is 26.1 Å². The first-order chi connectivity index (χ1) is 14.1. The van der Waals surface area contributed by atoms with Gasteiger partial charge in [0.05, 0.1) is 5.52 Å². The average molecular weight is 407 g/mol. The summed E-state index contributed by atoms with van der Waals surface area (Å²) in [5, 5.41) is 5.46. The lowest BCUT2D eigenvalue weighted by Gasteiger charge is -2.01. The maximum Gasteiger partial charge on any atom is 0.280 e. The molecular weight excluding hydrogens is 392 g/mol. The van der Waals surface area contributed by atoms with Gasteiger partial charge in [0.1, 0.15) is 21.6 Å². The molecule has 0 N–H and O–H groups in total. The van der Waals surface area contributed by atoms with Crippen LogP contribution in [-0.4, -0.2) is 24.6 Å². The molecular formula is C21H15F2N5S. The zero-order chi connectivity index (χ0) is 19.7. The summed E-state index contributed by atoms with van der Waals surface area (Å²) in [6.45, 7) is 1.82. The molecule has 0 aliphatic heterocycles. The molecule has 0 bridgehead atoms. The van der Waals surface area contributed by atoms with E-state index in [1.807, 2.05) is 13.0 Å². The molecule has 144 valence electrons. The summed E-state index contributed by atoms with van der Waals surface area (Å²) in [6, 6.07) is 11.8. The zero-order valence-electron chi connectivity index (χ0n) is 15.4. The molecule has 0 spiro atoms. The third kappa shape index (κ3) is 2.55. The van der Waals surface area contributed by atoms with Crippen LogP contribution < -0.4 is 0 Å². The number of fused-ring (bicyclic) bond motifs is 5. The van der Waals surface area contributed by atoms with Crippen LogP contribution in [0.2, 0.25) is 0 Å². The van der Waals surface area contributed by atoms with Crippen LogP contribution in [0.4, 0.5) is 8.78 Å². The third-order valence-corrected chi connectivity index (χ3v) is 6.64. The summed E-state index contributed by atoms with van der Waals surface area (Å²) in [5.41, 5.74) is 3.31. The number of aryl methyl sites for hydroxylation is 1. The van der Waals surface area contributed by atoms with E-state index < -0.39 is 6.43 Å². The van der Waals surface area contributed by atoms with Crippen molar-refractivity contribution >= 4 is 37.4 Å². The van der Waals surface area contributed by atoms with E-state index in [2.05, 4.69) is 39.3 Å². The summed E-state index contributed by atoms with van der Waals surface area (Å²) >= 11 is 1.35. The van der Waals surface area contributed by atoms with Gasteiger partial charge < -0.3 is 0 Å². The van der Waals surface area contributed by atoms with Crippen LogP contribution in [-0.2, 0) is 0 Å². The number of hydrogen-bond acceptors (Lipinski definition) is 5. The lowest BCUT2D eigenvalue weighted by atomic mass is 10.1. The summed E-state index contributed by atoms with van der Waals surface area (Å²) in [6.07, 6.45) is 0.0870. The predicted molar refractivity (Wildman–Crippen MR) is 108 cm³/mol. The molecule has 4 heterocycles. The Balaban J connectivity index is 1.49. The smallest absolute Gasteiger partial charge is 0.236 e. The van der Waals surface area contributed by atoms with E-state index in [1.165, 1.54) is 23.0 Å². The second kappa shape index (κ2) is 6.00. The Hall–Kier alpha value is -3.00. The Bertz CT molecular complexity index is 1390. The minimum absolute atomic E-state index is 0.205. The molecule has 2 atom stereocenters. The molecule has 1 aliphatic rings. The SMILES string of the molecule is Cc1cc(C(F)F)nc2sc3c(ncn4nc([C@H]5C[C@@H]5c5ccccc5)nc34)c12. The number of thiophene rings is 1. The maximum atomic E-state index is 13.2. The molecule has 0 unspecified atom stereocenters.